The molecule has 0 bridgehead atoms. The second-order valence-corrected chi connectivity index (χ2v) is 13.8. The van der Waals surface area contributed by atoms with E-state index >= 15 is 0 Å². The van der Waals surface area contributed by atoms with E-state index in [4.69, 9.17) is 14.2 Å². The first-order valence-corrected chi connectivity index (χ1v) is 19.8. The molecule has 4 heteroatoms. The molecular formula is C47H61NO3. The summed E-state index contributed by atoms with van der Waals surface area (Å²) < 4.78 is 19.8. The van der Waals surface area contributed by atoms with Gasteiger partial charge in [0.15, 0.2) is 0 Å². The van der Waals surface area contributed by atoms with Gasteiger partial charge in [0.1, 0.15) is 17.5 Å². The molecule has 0 aliphatic carbocycles. The summed E-state index contributed by atoms with van der Waals surface area (Å²) in [5.74, 6) is 0.637. The van der Waals surface area contributed by atoms with Crippen LogP contribution in [0.2, 0.25) is 0 Å². The smallest absolute Gasteiger partial charge is 0.145 e. The third-order valence-electron chi connectivity index (χ3n) is 9.74. The minimum Gasteiger partial charge on any atom is -0.486 e. The lowest BCUT2D eigenvalue weighted by atomic mass is 9.80. The van der Waals surface area contributed by atoms with E-state index in [-0.39, 0.29) is 12.7 Å². The zero-order valence-electron chi connectivity index (χ0n) is 31.2. The lowest BCUT2D eigenvalue weighted by Crippen LogP contribution is -2.38. The van der Waals surface area contributed by atoms with Crippen LogP contribution in [0.4, 0.5) is 0 Å². The highest BCUT2D eigenvalue weighted by Gasteiger charge is 2.38. The Morgan fingerprint density at radius 1 is 0.529 bits per heavy atom. The summed E-state index contributed by atoms with van der Waals surface area (Å²) in [6.07, 6.45) is 21.2. The SMILES string of the molecule is CCCCCCCCCCCCCCCCCCOC[C@H](COC(c1ccccc1)(c1ccccc1)c1ccccc1)Oc1cccc(C#N)c1. The number of benzene rings is 4. The van der Waals surface area contributed by atoms with Gasteiger partial charge in [0.2, 0.25) is 0 Å². The van der Waals surface area contributed by atoms with Gasteiger partial charge < -0.3 is 14.2 Å². The van der Waals surface area contributed by atoms with Crippen molar-refractivity contribution < 1.29 is 14.2 Å². The van der Waals surface area contributed by atoms with Crippen molar-refractivity contribution in [2.75, 3.05) is 19.8 Å². The Balaban J connectivity index is 1.28. The summed E-state index contributed by atoms with van der Waals surface area (Å²) in [5.41, 5.74) is 2.84. The molecule has 4 aromatic carbocycles. The molecule has 0 aliphatic heterocycles. The van der Waals surface area contributed by atoms with Crippen LogP contribution < -0.4 is 4.74 Å². The molecule has 4 aromatic rings. The molecule has 51 heavy (non-hydrogen) atoms. The number of hydrogen-bond acceptors (Lipinski definition) is 4. The molecule has 0 spiro atoms. The van der Waals surface area contributed by atoms with Gasteiger partial charge in [-0.05, 0) is 41.3 Å². The predicted octanol–water partition coefficient (Wildman–Crippen LogP) is 12.6. The Morgan fingerprint density at radius 2 is 0.980 bits per heavy atom. The van der Waals surface area contributed by atoms with Gasteiger partial charge in [-0.15, -0.1) is 0 Å². The van der Waals surface area contributed by atoms with Crippen molar-refractivity contribution in [1.29, 1.82) is 5.26 Å². The average Bonchev–Trinajstić information content (AvgIpc) is 3.19. The van der Waals surface area contributed by atoms with Gasteiger partial charge in [-0.3, -0.25) is 0 Å². The molecule has 0 saturated heterocycles. The lowest BCUT2D eigenvalue weighted by Gasteiger charge is -2.37. The second kappa shape index (κ2) is 24.3. The monoisotopic (exact) mass is 687 g/mol. The quantitative estimate of drug-likeness (QED) is 0.0462. The van der Waals surface area contributed by atoms with E-state index in [1.165, 1.54) is 96.3 Å². The number of unbranched alkanes of at least 4 members (excludes halogenated alkanes) is 15. The van der Waals surface area contributed by atoms with Crippen LogP contribution in [-0.4, -0.2) is 25.9 Å². The van der Waals surface area contributed by atoms with Crippen molar-refractivity contribution in [2.45, 2.75) is 121 Å². The highest BCUT2D eigenvalue weighted by atomic mass is 16.6. The third kappa shape index (κ3) is 14.0. The highest BCUT2D eigenvalue weighted by Crippen LogP contribution is 2.40. The normalized spacial score (nSPS) is 12.0. The Kier molecular flexibility index (Phi) is 19.0. The Morgan fingerprint density at radius 3 is 1.43 bits per heavy atom. The van der Waals surface area contributed by atoms with Crippen molar-refractivity contribution in [3.8, 4) is 11.8 Å². The van der Waals surface area contributed by atoms with Crippen LogP contribution in [0.1, 0.15) is 132 Å². The van der Waals surface area contributed by atoms with Crippen molar-refractivity contribution in [3.63, 3.8) is 0 Å². The van der Waals surface area contributed by atoms with Crippen LogP contribution in [0.5, 0.6) is 5.75 Å². The van der Waals surface area contributed by atoms with E-state index in [1.54, 1.807) is 12.1 Å². The number of nitriles is 1. The number of rotatable bonds is 27. The highest BCUT2D eigenvalue weighted by molar-refractivity contribution is 5.47. The summed E-state index contributed by atoms with van der Waals surface area (Å²) in [7, 11) is 0. The molecule has 0 aromatic heterocycles. The van der Waals surface area contributed by atoms with Crippen LogP contribution in [0, 0.1) is 11.3 Å². The molecular weight excluding hydrogens is 627 g/mol. The van der Waals surface area contributed by atoms with Crippen LogP contribution in [0.25, 0.3) is 0 Å². The van der Waals surface area contributed by atoms with Crippen LogP contribution >= 0.6 is 0 Å². The first-order chi connectivity index (χ1) is 25.3. The van der Waals surface area contributed by atoms with Crippen LogP contribution in [-0.2, 0) is 15.1 Å². The van der Waals surface area contributed by atoms with Gasteiger partial charge >= 0.3 is 0 Å². The van der Waals surface area contributed by atoms with Crippen molar-refractivity contribution >= 4 is 0 Å². The largest absolute Gasteiger partial charge is 0.486 e. The van der Waals surface area contributed by atoms with Gasteiger partial charge in [0, 0.05) is 6.61 Å². The van der Waals surface area contributed by atoms with Gasteiger partial charge in [-0.25, -0.2) is 0 Å². The second-order valence-electron chi connectivity index (χ2n) is 13.8. The molecule has 0 saturated carbocycles. The summed E-state index contributed by atoms with van der Waals surface area (Å²) in [4.78, 5) is 0. The van der Waals surface area contributed by atoms with E-state index in [0.29, 0.717) is 24.5 Å². The number of ether oxygens (including phenoxy) is 3. The zero-order valence-corrected chi connectivity index (χ0v) is 31.2. The molecule has 0 unspecified atom stereocenters. The fraction of sp³-hybridized carbons (Fsp3) is 0.468. The van der Waals surface area contributed by atoms with E-state index in [1.807, 2.05) is 30.3 Å². The first kappa shape index (κ1) is 39.9. The third-order valence-corrected chi connectivity index (χ3v) is 9.74. The summed E-state index contributed by atoms with van der Waals surface area (Å²) in [6.45, 7) is 3.66. The van der Waals surface area contributed by atoms with Crippen molar-refractivity contribution in [1.82, 2.24) is 0 Å². The minimum atomic E-state index is -0.853. The van der Waals surface area contributed by atoms with Crippen molar-refractivity contribution in [3.05, 3.63) is 138 Å². The van der Waals surface area contributed by atoms with Gasteiger partial charge in [-0.2, -0.15) is 5.26 Å². The van der Waals surface area contributed by atoms with Gasteiger partial charge in [0.05, 0.1) is 24.8 Å². The molecule has 0 aliphatic rings. The Labute approximate surface area is 309 Å². The van der Waals surface area contributed by atoms with E-state index in [9.17, 15) is 5.26 Å². The minimum absolute atomic E-state index is 0.286. The maximum atomic E-state index is 9.50. The maximum Gasteiger partial charge on any atom is 0.145 e. The van der Waals surface area contributed by atoms with E-state index < -0.39 is 5.60 Å². The summed E-state index contributed by atoms with van der Waals surface area (Å²) >= 11 is 0. The molecule has 4 nitrogen and oxygen atoms in total. The fourth-order valence-corrected chi connectivity index (χ4v) is 6.90. The zero-order chi connectivity index (χ0) is 35.7. The van der Waals surface area contributed by atoms with Crippen LogP contribution in [0.15, 0.2) is 115 Å². The van der Waals surface area contributed by atoms with Gasteiger partial charge in [0.25, 0.3) is 0 Å². The Hall–Kier alpha value is -3.91. The molecule has 0 radical (unpaired) electrons. The average molecular weight is 688 g/mol. The standard InChI is InChI=1S/C47H61NO3/c1-2-3-4-5-6-7-8-9-10-11-12-13-14-15-16-26-36-49-39-46(51-45-35-27-28-41(37-45)38-48)40-50-47(42-29-20-17-21-30-42,43-31-22-18-23-32-43)44-33-24-19-25-34-44/h17-25,27-35,37,46H,2-16,26,36,39-40H2,1H3/t46-/m1/s1. The summed E-state index contributed by atoms with van der Waals surface area (Å²) in [5, 5.41) is 9.50. The molecule has 1 atom stereocenters. The number of nitrogens with zero attached hydrogens (tertiary/aromatic N) is 1. The molecule has 272 valence electrons. The molecule has 0 fully saturated rings. The van der Waals surface area contributed by atoms with E-state index in [2.05, 4.69) is 85.8 Å². The topological polar surface area (TPSA) is 51.5 Å². The molecule has 4 rings (SSSR count). The van der Waals surface area contributed by atoms with E-state index in [0.717, 1.165) is 23.1 Å². The lowest BCUT2D eigenvalue weighted by molar-refractivity contribution is -0.0553. The number of hydrogen-bond donors (Lipinski definition) is 0. The summed E-state index contributed by atoms with van der Waals surface area (Å²) in [6, 6.07) is 40.7. The fourth-order valence-electron chi connectivity index (χ4n) is 6.90. The van der Waals surface area contributed by atoms with Crippen molar-refractivity contribution in [2.24, 2.45) is 0 Å². The predicted molar refractivity (Wildman–Crippen MR) is 211 cm³/mol. The van der Waals surface area contributed by atoms with Gasteiger partial charge in [-0.1, -0.05) is 200 Å². The first-order valence-electron chi connectivity index (χ1n) is 19.8. The maximum absolute atomic E-state index is 9.50. The molecule has 0 amide bonds. The molecule has 0 heterocycles. The molecule has 0 N–H and O–H groups in total. The van der Waals surface area contributed by atoms with Crippen LogP contribution in [0.3, 0.4) is 0 Å². The Bertz CT molecular complexity index is 1390.